The van der Waals surface area contributed by atoms with Crippen LogP contribution in [0.15, 0.2) is 72.8 Å². The van der Waals surface area contributed by atoms with E-state index in [0.29, 0.717) is 23.5 Å². The van der Waals surface area contributed by atoms with E-state index in [-0.39, 0.29) is 48.9 Å². The summed E-state index contributed by atoms with van der Waals surface area (Å²) < 4.78 is 6.81. The predicted octanol–water partition coefficient (Wildman–Crippen LogP) is 4.24. The summed E-state index contributed by atoms with van der Waals surface area (Å²) in [6.45, 7) is 6.37. The molecule has 3 aromatic rings. The van der Waals surface area contributed by atoms with Gasteiger partial charge in [-0.25, -0.2) is 0 Å². The molecule has 3 aliphatic heterocycles. The maximum atomic E-state index is 14.7. The van der Waals surface area contributed by atoms with E-state index in [1.807, 2.05) is 62.5 Å². The Morgan fingerprint density at radius 3 is 2.54 bits per heavy atom. The van der Waals surface area contributed by atoms with Crippen molar-refractivity contribution in [1.29, 1.82) is 0 Å². The van der Waals surface area contributed by atoms with Gasteiger partial charge < -0.3 is 35.5 Å². The lowest BCUT2D eigenvalue weighted by atomic mass is 9.82. The third-order valence-electron chi connectivity index (χ3n) is 9.87. The second-order valence-electron chi connectivity index (χ2n) is 13.3. The minimum Gasteiger partial charge on any atom is -0.432 e. The number of rotatable bonds is 8. The van der Waals surface area contributed by atoms with Gasteiger partial charge in [-0.1, -0.05) is 37.3 Å². The number of hydrogen-bond acceptors (Lipinski definition) is 7. The van der Waals surface area contributed by atoms with Crippen molar-refractivity contribution in [3.05, 3.63) is 89.5 Å². The summed E-state index contributed by atoms with van der Waals surface area (Å²) in [5.74, 6) is -1.02. The molecule has 0 bridgehead atoms. The number of hydrogen-bond donors (Lipinski definition) is 4. The zero-order valence-corrected chi connectivity index (χ0v) is 27.5. The highest BCUT2D eigenvalue weighted by atomic mass is 28.4. The number of anilines is 3. The number of carbonyl (C=O) groups excluding carboxylic acids is 3. The molecule has 46 heavy (non-hydrogen) atoms. The van der Waals surface area contributed by atoms with Gasteiger partial charge in [-0.15, -0.1) is 0 Å². The first-order valence-electron chi connectivity index (χ1n) is 15.9. The number of benzene rings is 3. The normalized spacial score (nSPS) is 25.7. The first-order valence-corrected chi connectivity index (χ1v) is 18.9. The molecular weight excluding hydrogens is 600 g/mol. The van der Waals surface area contributed by atoms with E-state index in [1.54, 1.807) is 40.1 Å². The Labute approximate surface area is 270 Å². The third kappa shape index (κ3) is 5.61. The van der Waals surface area contributed by atoms with Crippen molar-refractivity contribution in [1.82, 2.24) is 4.90 Å². The van der Waals surface area contributed by atoms with Crippen LogP contribution in [0.25, 0.3) is 0 Å². The van der Waals surface area contributed by atoms with Gasteiger partial charge in [0, 0.05) is 40.5 Å². The lowest BCUT2D eigenvalue weighted by molar-refractivity contribution is -0.150. The minimum atomic E-state index is -2.94. The molecule has 5 N–H and O–H groups in total. The van der Waals surface area contributed by atoms with Crippen molar-refractivity contribution in [2.75, 3.05) is 29.1 Å². The lowest BCUT2D eigenvalue weighted by Gasteiger charge is -2.32. The quantitative estimate of drug-likeness (QED) is 0.213. The Kier molecular flexibility index (Phi) is 8.53. The van der Waals surface area contributed by atoms with Crippen molar-refractivity contribution in [3.8, 4) is 0 Å². The van der Waals surface area contributed by atoms with Gasteiger partial charge >= 0.3 is 0 Å². The topological polar surface area (TPSA) is 145 Å². The van der Waals surface area contributed by atoms with Crippen molar-refractivity contribution >= 4 is 43.1 Å². The SMILES string of the molecule is C[C@H]1[C@H]([Si](C)(C)O)[C@@H](CC(=O)N2CCC[C@H]2CO)O[C@]12C(=O)N(Cc1cccc(NC(=O)c3ccc(N)cc3)c1)c1ccccc12. The summed E-state index contributed by atoms with van der Waals surface area (Å²) in [7, 11) is -2.94. The average molecular weight is 643 g/mol. The average Bonchev–Trinajstić information content (AvgIpc) is 3.68. The van der Waals surface area contributed by atoms with Crippen LogP contribution in [0, 0.1) is 5.92 Å². The Balaban J connectivity index is 1.28. The van der Waals surface area contributed by atoms with Crippen molar-refractivity contribution in [2.24, 2.45) is 5.92 Å². The number of ether oxygens (including phenoxy) is 1. The van der Waals surface area contributed by atoms with E-state index in [9.17, 15) is 24.3 Å². The van der Waals surface area contributed by atoms with Crippen LogP contribution in [-0.4, -0.2) is 66.1 Å². The molecule has 2 fully saturated rings. The molecule has 0 radical (unpaired) electrons. The van der Waals surface area contributed by atoms with Crippen molar-refractivity contribution in [3.63, 3.8) is 0 Å². The number of carbonyl (C=O) groups is 3. The van der Waals surface area contributed by atoms with E-state index >= 15 is 0 Å². The predicted molar refractivity (Wildman–Crippen MR) is 178 cm³/mol. The maximum Gasteiger partial charge on any atom is 0.264 e. The number of nitrogens with one attached hydrogen (secondary N) is 1. The monoisotopic (exact) mass is 642 g/mol. The van der Waals surface area contributed by atoms with E-state index in [2.05, 4.69) is 5.32 Å². The molecular formula is C35H42N4O6Si. The standard InChI is InChI=1S/C35H42N4O6Si/c1-22-32(46(2,3)44)30(19-31(41)38-17-7-10-27(38)21-40)45-35(22)28-11-4-5-12-29(28)39(34(35)43)20-23-8-6-9-26(18-23)37-33(42)24-13-15-25(36)16-14-24/h4-6,8-9,11-16,18,22,27,30,32,40,44H,7,10,17,19-21,36H2,1-3H3,(H,37,42)/t22-,27-,30+,32-,35+/m0/s1. The molecule has 0 aliphatic carbocycles. The third-order valence-corrected chi connectivity index (χ3v) is 12.4. The highest BCUT2D eigenvalue weighted by Crippen LogP contribution is 2.59. The van der Waals surface area contributed by atoms with Crippen molar-refractivity contribution < 1.29 is 29.0 Å². The molecule has 0 unspecified atom stereocenters. The van der Waals surface area contributed by atoms with Gasteiger partial charge in [0.25, 0.3) is 11.8 Å². The van der Waals surface area contributed by atoms with Gasteiger partial charge in [0.05, 0.1) is 37.4 Å². The lowest BCUT2D eigenvalue weighted by Crippen LogP contribution is -2.46. The largest absolute Gasteiger partial charge is 0.432 e. The summed E-state index contributed by atoms with van der Waals surface area (Å²) in [6.07, 6.45) is 0.970. The smallest absolute Gasteiger partial charge is 0.264 e. The second-order valence-corrected chi connectivity index (χ2v) is 17.3. The van der Waals surface area contributed by atoms with E-state index < -0.39 is 25.9 Å². The number of aliphatic hydroxyl groups excluding tert-OH is 1. The molecule has 2 saturated heterocycles. The van der Waals surface area contributed by atoms with Gasteiger partial charge in [-0.2, -0.15) is 0 Å². The molecule has 11 heteroatoms. The van der Waals surface area contributed by atoms with Crippen LogP contribution >= 0.6 is 0 Å². The van der Waals surface area contributed by atoms with E-state index in [4.69, 9.17) is 10.5 Å². The van der Waals surface area contributed by atoms with Crippen LogP contribution in [0.4, 0.5) is 17.1 Å². The van der Waals surface area contributed by atoms with Crippen LogP contribution < -0.4 is 16.0 Å². The van der Waals surface area contributed by atoms with E-state index in [0.717, 1.165) is 29.7 Å². The Bertz CT molecular complexity index is 1640. The number of amides is 3. The number of nitrogens with two attached hydrogens (primary N) is 1. The Hall–Kier alpha value is -4.03. The molecule has 3 amide bonds. The van der Waals surface area contributed by atoms with Crippen molar-refractivity contribution in [2.45, 2.75) is 69.1 Å². The van der Waals surface area contributed by atoms with Gasteiger partial charge in [0.15, 0.2) is 13.9 Å². The highest BCUT2D eigenvalue weighted by molar-refractivity contribution is 6.71. The fourth-order valence-corrected chi connectivity index (χ4v) is 10.4. The maximum absolute atomic E-state index is 14.7. The molecule has 3 heterocycles. The first-order chi connectivity index (χ1) is 21.9. The van der Waals surface area contributed by atoms with Gasteiger partial charge in [0.1, 0.15) is 0 Å². The van der Waals surface area contributed by atoms with E-state index in [1.165, 1.54) is 0 Å². The summed E-state index contributed by atoms with van der Waals surface area (Å²) in [5.41, 5.74) is 7.92. The molecule has 1 spiro atoms. The van der Waals surface area contributed by atoms with Crippen LogP contribution in [0.2, 0.25) is 18.6 Å². The molecule has 10 nitrogen and oxygen atoms in total. The number of aliphatic hydroxyl groups is 1. The van der Waals surface area contributed by atoms with Crippen LogP contribution in [-0.2, 0) is 26.5 Å². The fourth-order valence-electron chi connectivity index (χ4n) is 7.80. The summed E-state index contributed by atoms with van der Waals surface area (Å²) in [5, 5.41) is 12.7. The summed E-state index contributed by atoms with van der Waals surface area (Å²) in [4.78, 5) is 56.0. The van der Waals surface area contributed by atoms with Gasteiger partial charge in [-0.3, -0.25) is 14.4 Å². The zero-order chi connectivity index (χ0) is 32.8. The molecule has 0 saturated carbocycles. The fraction of sp³-hybridized carbons (Fsp3) is 0.400. The Morgan fingerprint density at radius 1 is 1.09 bits per heavy atom. The molecule has 5 atom stereocenters. The number of nitrogens with zero attached hydrogens (tertiary/aromatic N) is 2. The van der Waals surface area contributed by atoms with Gasteiger partial charge in [-0.05, 0) is 74.0 Å². The first kappa shape index (κ1) is 31.9. The number of nitrogen functional groups attached to an aromatic ring is 1. The molecule has 3 aromatic carbocycles. The number of likely N-dealkylation sites (tertiary alicyclic amines) is 1. The highest BCUT2D eigenvalue weighted by Gasteiger charge is 2.66. The van der Waals surface area contributed by atoms with Crippen LogP contribution in [0.3, 0.4) is 0 Å². The second kappa shape index (κ2) is 12.3. The summed E-state index contributed by atoms with van der Waals surface area (Å²) >= 11 is 0. The molecule has 242 valence electrons. The Morgan fingerprint density at radius 2 is 1.83 bits per heavy atom. The zero-order valence-electron chi connectivity index (χ0n) is 26.5. The molecule has 0 aromatic heterocycles. The van der Waals surface area contributed by atoms with Crippen LogP contribution in [0.1, 0.15) is 47.7 Å². The number of para-hydroxylation sites is 1. The molecule has 6 rings (SSSR count). The minimum absolute atomic E-state index is 0.0371. The molecule has 3 aliphatic rings. The number of fused-ring (bicyclic) bond motifs is 2. The van der Waals surface area contributed by atoms with Crippen LogP contribution in [0.5, 0.6) is 0 Å². The van der Waals surface area contributed by atoms with Gasteiger partial charge in [0.2, 0.25) is 5.91 Å². The summed E-state index contributed by atoms with van der Waals surface area (Å²) in [6, 6.07) is 21.4.